The number of rotatable bonds is 3. The van der Waals surface area contributed by atoms with Crippen molar-refractivity contribution in [3.8, 4) is 0 Å². The van der Waals surface area contributed by atoms with E-state index in [-0.39, 0.29) is 12.5 Å². The number of nitrogens with zero attached hydrogens (tertiary/aromatic N) is 2. The Morgan fingerprint density at radius 1 is 1.33 bits per heavy atom. The predicted molar refractivity (Wildman–Crippen MR) is 82.1 cm³/mol. The first kappa shape index (κ1) is 14.0. The first-order chi connectivity index (χ1) is 10.3. The van der Waals surface area contributed by atoms with Gasteiger partial charge in [0, 0.05) is 31.3 Å². The Morgan fingerprint density at radius 2 is 2.19 bits per heavy atom. The van der Waals surface area contributed by atoms with Crippen LogP contribution in [-0.2, 0) is 0 Å². The number of carbonyl (C=O) groups is 1. The normalized spacial score (nSPS) is 18.9. The molecule has 1 unspecified atom stereocenters. The van der Waals surface area contributed by atoms with Gasteiger partial charge in [0.15, 0.2) is 0 Å². The molecular weight excluding hydrogens is 264 g/mol. The first-order valence-corrected chi connectivity index (χ1v) is 7.53. The van der Waals surface area contributed by atoms with E-state index in [2.05, 4.69) is 4.98 Å². The number of fused-ring (bicyclic) bond motifs is 1. The Bertz CT molecular complexity index is 634. The van der Waals surface area contributed by atoms with E-state index in [1.54, 1.807) is 6.20 Å². The van der Waals surface area contributed by atoms with E-state index in [0.29, 0.717) is 11.5 Å². The highest BCUT2D eigenvalue weighted by Crippen LogP contribution is 2.23. The fourth-order valence-electron chi connectivity index (χ4n) is 3.11. The van der Waals surface area contributed by atoms with Crippen LogP contribution in [0.1, 0.15) is 29.6 Å². The summed E-state index contributed by atoms with van der Waals surface area (Å²) in [4.78, 5) is 19.1. The zero-order valence-electron chi connectivity index (χ0n) is 12.0. The summed E-state index contributed by atoms with van der Waals surface area (Å²) < 4.78 is 0. The highest BCUT2D eigenvalue weighted by molar-refractivity contribution is 6.05. The molecule has 1 atom stereocenters. The number of hydrogen-bond acceptors (Lipinski definition) is 3. The molecule has 1 aliphatic rings. The van der Waals surface area contributed by atoms with Crippen LogP contribution >= 0.6 is 0 Å². The molecule has 0 bridgehead atoms. The van der Waals surface area contributed by atoms with Gasteiger partial charge in [0.25, 0.3) is 5.91 Å². The molecule has 0 spiro atoms. The van der Waals surface area contributed by atoms with Crippen LogP contribution in [0.5, 0.6) is 0 Å². The van der Waals surface area contributed by atoms with E-state index in [0.717, 1.165) is 43.3 Å². The van der Waals surface area contributed by atoms with Gasteiger partial charge in [-0.15, -0.1) is 0 Å². The average Bonchev–Trinajstić information content (AvgIpc) is 2.54. The lowest BCUT2D eigenvalue weighted by molar-refractivity contribution is 0.0655. The summed E-state index contributed by atoms with van der Waals surface area (Å²) in [5, 5.41) is 10.1. The van der Waals surface area contributed by atoms with Gasteiger partial charge in [0.05, 0.1) is 11.1 Å². The van der Waals surface area contributed by atoms with Gasteiger partial charge < -0.3 is 10.0 Å². The number of benzene rings is 1. The van der Waals surface area contributed by atoms with E-state index in [9.17, 15) is 4.79 Å². The second-order valence-electron chi connectivity index (χ2n) is 5.65. The summed E-state index contributed by atoms with van der Waals surface area (Å²) in [7, 11) is 0. The molecule has 1 amide bonds. The second-order valence-corrected chi connectivity index (χ2v) is 5.65. The molecule has 3 rings (SSSR count). The van der Waals surface area contributed by atoms with Crippen LogP contribution in [0.25, 0.3) is 10.9 Å². The molecule has 0 radical (unpaired) electrons. The Labute approximate surface area is 124 Å². The number of para-hydroxylation sites is 1. The number of aliphatic hydroxyl groups excluding tert-OH is 1. The van der Waals surface area contributed by atoms with Crippen molar-refractivity contribution in [3.63, 3.8) is 0 Å². The molecule has 1 saturated heterocycles. The molecule has 1 aliphatic heterocycles. The van der Waals surface area contributed by atoms with Gasteiger partial charge in [-0.05, 0) is 37.3 Å². The average molecular weight is 284 g/mol. The van der Waals surface area contributed by atoms with Gasteiger partial charge in [-0.1, -0.05) is 18.2 Å². The quantitative estimate of drug-likeness (QED) is 0.942. The monoisotopic (exact) mass is 284 g/mol. The van der Waals surface area contributed by atoms with Crippen molar-refractivity contribution >= 4 is 16.8 Å². The minimum atomic E-state index is 0.0574. The van der Waals surface area contributed by atoms with Gasteiger partial charge in [-0.3, -0.25) is 9.78 Å². The van der Waals surface area contributed by atoms with Crippen molar-refractivity contribution in [2.45, 2.75) is 19.3 Å². The van der Waals surface area contributed by atoms with Crippen molar-refractivity contribution in [2.75, 3.05) is 19.7 Å². The molecule has 1 N–H and O–H groups in total. The highest BCUT2D eigenvalue weighted by Gasteiger charge is 2.25. The fourth-order valence-corrected chi connectivity index (χ4v) is 3.11. The zero-order chi connectivity index (χ0) is 14.7. The molecule has 4 nitrogen and oxygen atoms in total. The van der Waals surface area contributed by atoms with Gasteiger partial charge in [-0.2, -0.15) is 0 Å². The van der Waals surface area contributed by atoms with Gasteiger partial charge in [-0.25, -0.2) is 0 Å². The molecule has 110 valence electrons. The summed E-state index contributed by atoms with van der Waals surface area (Å²) >= 11 is 0. The molecule has 0 aliphatic carbocycles. The number of amides is 1. The predicted octanol–water partition coefficient (Wildman–Crippen LogP) is 2.47. The smallest absolute Gasteiger partial charge is 0.256 e. The lowest BCUT2D eigenvalue weighted by atomic mass is 9.94. The molecule has 4 heteroatoms. The van der Waals surface area contributed by atoms with Crippen LogP contribution in [0.2, 0.25) is 0 Å². The Hall–Kier alpha value is -1.94. The van der Waals surface area contributed by atoms with Crippen molar-refractivity contribution in [1.82, 2.24) is 9.88 Å². The number of pyridine rings is 1. The Balaban J connectivity index is 1.86. The molecular formula is C17H20N2O2. The van der Waals surface area contributed by atoms with E-state index >= 15 is 0 Å². The second kappa shape index (κ2) is 6.22. The van der Waals surface area contributed by atoms with E-state index in [4.69, 9.17) is 5.11 Å². The number of piperidine rings is 1. The van der Waals surface area contributed by atoms with Crippen molar-refractivity contribution in [2.24, 2.45) is 5.92 Å². The first-order valence-electron chi connectivity index (χ1n) is 7.53. The number of hydrogen-bond donors (Lipinski definition) is 1. The zero-order valence-corrected chi connectivity index (χ0v) is 12.0. The van der Waals surface area contributed by atoms with Gasteiger partial charge in [0.2, 0.25) is 0 Å². The molecule has 2 heterocycles. The maximum absolute atomic E-state index is 12.8. The largest absolute Gasteiger partial charge is 0.396 e. The third-order valence-electron chi connectivity index (χ3n) is 4.21. The minimum Gasteiger partial charge on any atom is -0.396 e. The van der Waals surface area contributed by atoms with E-state index in [1.165, 1.54) is 0 Å². The molecule has 1 fully saturated rings. The summed E-state index contributed by atoms with van der Waals surface area (Å²) in [5.74, 6) is 0.470. The molecule has 21 heavy (non-hydrogen) atoms. The van der Waals surface area contributed by atoms with Crippen LogP contribution in [-0.4, -0.2) is 40.6 Å². The van der Waals surface area contributed by atoms with Crippen LogP contribution < -0.4 is 0 Å². The number of carbonyl (C=O) groups excluding carboxylic acids is 1. The lowest BCUT2D eigenvalue weighted by Gasteiger charge is -2.32. The molecule has 1 aromatic heterocycles. The standard InChI is InChI=1S/C17H20N2O2/c20-11-8-13-4-3-10-19(12-13)17(21)15-7-1-5-14-6-2-9-18-16(14)15/h1-2,5-7,9,13,20H,3-4,8,10-12H2. The molecule has 1 aromatic carbocycles. The van der Waals surface area contributed by atoms with E-state index in [1.807, 2.05) is 35.2 Å². The number of likely N-dealkylation sites (tertiary alicyclic amines) is 1. The topological polar surface area (TPSA) is 53.4 Å². The van der Waals surface area contributed by atoms with Crippen LogP contribution in [0.3, 0.4) is 0 Å². The van der Waals surface area contributed by atoms with Crippen molar-refractivity contribution < 1.29 is 9.90 Å². The Morgan fingerprint density at radius 3 is 3.05 bits per heavy atom. The summed E-state index contributed by atoms with van der Waals surface area (Å²) in [6.45, 7) is 1.73. The van der Waals surface area contributed by atoms with Crippen molar-refractivity contribution in [3.05, 3.63) is 42.1 Å². The third kappa shape index (κ3) is 2.90. The lowest BCUT2D eigenvalue weighted by Crippen LogP contribution is -2.40. The molecule has 2 aromatic rings. The number of aliphatic hydroxyl groups is 1. The summed E-state index contributed by atoms with van der Waals surface area (Å²) in [6, 6.07) is 9.60. The fraction of sp³-hybridized carbons (Fsp3) is 0.412. The Kier molecular flexibility index (Phi) is 4.15. The maximum Gasteiger partial charge on any atom is 0.256 e. The van der Waals surface area contributed by atoms with Crippen molar-refractivity contribution in [1.29, 1.82) is 0 Å². The van der Waals surface area contributed by atoms with Gasteiger partial charge >= 0.3 is 0 Å². The molecule has 0 saturated carbocycles. The van der Waals surface area contributed by atoms with Crippen LogP contribution in [0.15, 0.2) is 36.5 Å². The third-order valence-corrected chi connectivity index (χ3v) is 4.21. The highest BCUT2D eigenvalue weighted by atomic mass is 16.3. The maximum atomic E-state index is 12.8. The number of aromatic nitrogens is 1. The summed E-state index contributed by atoms with van der Waals surface area (Å²) in [6.07, 6.45) is 4.61. The SMILES string of the molecule is O=C(c1cccc2cccnc12)N1CCCC(CCO)C1. The van der Waals surface area contributed by atoms with Gasteiger partial charge in [0.1, 0.15) is 0 Å². The minimum absolute atomic E-state index is 0.0574. The van der Waals surface area contributed by atoms with Crippen LogP contribution in [0, 0.1) is 5.92 Å². The van der Waals surface area contributed by atoms with Crippen LogP contribution in [0.4, 0.5) is 0 Å². The summed E-state index contributed by atoms with van der Waals surface area (Å²) in [5.41, 5.74) is 1.45. The van der Waals surface area contributed by atoms with E-state index < -0.39 is 0 Å².